The summed E-state index contributed by atoms with van der Waals surface area (Å²) < 4.78 is 34.4. The second-order valence-corrected chi connectivity index (χ2v) is 7.42. The fourth-order valence-corrected chi connectivity index (χ4v) is 3.26. The quantitative estimate of drug-likeness (QED) is 0.779. The number of rotatable bonds is 4. The van der Waals surface area contributed by atoms with Gasteiger partial charge >= 0.3 is 0 Å². The standard InChI is InChI=1S/C11H12BrClO4S/c12-8-3-4-10(11(6-8)18(13,14)15)17-7-9-2-1-5-16-9/h3-4,6,9H,1-2,5,7H2. The van der Waals surface area contributed by atoms with Crippen molar-refractivity contribution in [3.63, 3.8) is 0 Å². The van der Waals surface area contributed by atoms with Gasteiger partial charge in [-0.25, -0.2) is 8.42 Å². The van der Waals surface area contributed by atoms with Gasteiger partial charge in [0.1, 0.15) is 17.3 Å². The monoisotopic (exact) mass is 354 g/mol. The number of benzene rings is 1. The summed E-state index contributed by atoms with van der Waals surface area (Å²) in [6, 6.07) is 4.71. The fraction of sp³-hybridized carbons (Fsp3) is 0.455. The molecule has 1 heterocycles. The number of ether oxygens (including phenoxy) is 2. The zero-order chi connectivity index (χ0) is 13.2. The molecule has 0 spiro atoms. The molecule has 1 fully saturated rings. The van der Waals surface area contributed by atoms with Gasteiger partial charge in [0.25, 0.3) is 9.05 Å². The molecule has 0 saturated carbocycles. The lowest BCUT2D eigenvalue weighted by atomic mass is 10.2. The Morgan fingerprint density at radius 1 is 1.50 bits per heavy atom. The molecule has 1 saturated heterocycles. The molecule has 0 radical (unpaired) electrons. The van der Waals surface area contributed by atoms with Gasteiger partial charge in [-0.1, -0.05) is 15.9 Å². The number of hydrogen-bond donors (Lipinski definition) is 0. The smallest absolute Gasteiger partial charge is 0.265 e. The predicted octanol–water partition coefficient (Wildman–Crippen LogP) is 2.93. The topological polar surface area (TPSA) is 52.6 Å². The molecule has 1 atom stereocenters. The molecule has 1 unspecified atom stereocenters. The summed E-state index contributed by atoms with van der Waals surface area (Å²) in [6.45, 7) is 1.07. The van der Waals surface area contributed by atoms with Crippen LogP contribution in [-0.2, 0) is 13.8 Å². The van der Waals surface area contributed by atoms with Crippen molar-refractivity contribution in [3.05, 3.63) is 22.7 Å². The molecule has 2 rings (SSSR count). The zero-order valence-corrected chi connectivity index (χ0v) is 12.6. The molecule has 100 valence electrons. The number of hydrogen-bond acceptors (Lipinski definition) is 4. The normalized spacial score (nSPS) is 20.0. The second kappa shape index (κ2) is 5.77. The van der Waals surface area contributed by atoms with Crippen molar-refractivity contribution in [2.75, 3.05) is 13.2 Å². The fourth-order valence-electron chi connectivity index (χ4n) is 1.75. The van der Waals surface area contributed by atoms with Crippen LogP contribution in [0.5, 0.6) is 5.75 Å². The minimum atomic E-state index is -3.83. The highest BCUT2D eigenvalue weighted by Gasteiger charge is 2.20. The Labute approximate surface area is 119 Å². The maximum absolute atomic E-state index is 11.4. The maximum Gasteiger partial charge on any atom is 0.265 e. The van der Waals surface area contributed by atoms with Gasteiger partial charge in [-0.2, -0.15) is 0 Å². The molecule has 1 aromatic carbocycles. The summed E-state index contributed by atoms with van der Waals surface area (Å²) in [6.07, 6.45) is 1.97. The van der Waals surface area contributed by atoms with Crippen LogP contribution in [0.2, 0.25) is 0 Å². The zero-order valence-electron chi connectivity index (χ0n) is 9.43. The van der Waals surface area contributed by atoms with Crippen molar-refractivity contribution >= 4 is 35.7 Å². The first-order valence-electron chi connectivity index (χ1n) is 5.45. The first-order chi connectivity index (χ1) is 8.47. The van der Waals surface area contributed by atoms with Crippen LogP contribution in [0.1, 0.15) is 12.8 Å². The molecular weight excluding hydrogens is 344 g/mol. The van der Waals surface area contributed by atoms with E-state index >= 15 is 0 Å². The number of halogens is 2. The van der Waals surface area contributed by atoms with Crippen LogP contribution in [0, 0.1) is 0 Å². The van der Waals surface area contributed by atoms with Crippen LogP contribution in [0.3, 0.4) is 0 Å². The molecule has 0 amide bonds. The third kappa shape index (κ3) is 3.60. The Balaban J connectivity index is 2.16. The van der Waals surface area contributed by atoms with Crippen LogP contribution >= 0.6 is 26.6 Å². The Kier molecular flexibility index (Phi) is 4.53. The summed E-state index contributed by atoms with van der Waals surface area (Å²) in [5, 5.41) is 0. The molecule has 1 aliphatic heterocycles. The van der Waals surface area contributed by atoms with Crippen LogP contribution in [0.25, 0.3) is 0 Å². The highest BCUT2D eigenvalue weighted by Crippen LogP contribution is 2.30. The minimum Gasteiger partial charge on any atom is -0.489 e. The van der Waals surface area contributed by atoms with Crippen LogP contribution < -0.4 is 4.74 Å². The molecular formula is C11H12BrClO4S. The molecule has 1 aliphatic rings. The van der Waals surface area contributed by atoms with E-state index in [1.807, 2.05) is 0 Å². The Bertz CT molecular complexity index is 526. The van der Waals surface area contributed by atoms with Gasteiger partial charge in [-0.05, 0) is 31.0 Å². The van der Waals surface area contributed by atoms with E-state index < -0.39 is 9.05 Å². The highest BCUT2D eigenvalue weighted by molar-refractivity contribution is 9.10. The highest BCUT2D eigenvalue weighted by atomic mass is 79.9. The van der Waals surface area contributed by atoms with Crippen molar-refractivity contribution in [1.29, 1.82) is 0 Å². The lowest BCUT2D eigenvalue weighted by Crippen LogP contribution is -2.17. The summed E-state index contributed by atoms with van der Waals surface area (Å²) in [5.41, 5.74) is 0. The molecule has 4 nitrogen and oxygen atoms in total. The molecule has 0 aliphatic carbocycles. The molecule has 1 aromatic rings. The largest absolute Gasteiger partial charge is 0.489 e. The van der Waals surface area contributed by atoms with Gasteiger partial charge < -0.3 is 9.47 Å². The van der Waals surface area contributed by atoms with Gasteiger partial charge in [0, 0.05) is 21.8 Å². The Morgan fingerprint density at radius 2 is 2.28 bits per heavy atom. The van der Waals surface area contributed by atoms with Gasteiger partial charge in [0.05, 0.1) is 6.10 Å². The van der Waals surface area contributed by atoms with Gasteiger partial charge in [0.15, 0.2) is 0 Å². The van der Waals surface area contributed by atoms with E-state index in [4.69, 9.17) is 20.2 Å². The second-order valence-electron chi connectivity index (χ2n) is 3.97. The summed E-state index contributed by atoms with van der Waals surface area (Å²) in [4.78, 5) is -0.0310. The van der Waals surface area contributed by atoms with Crippen LogP contribution in [0.15, 0.2) is 27.6 Å². The van der Waals surface area contributed by atoms with E-state index in [1.165, 1.54) is 6.07 Å². The average molecular weight is 356 g/mol. The van der Waals surface area contributed by atoms with E-state index in [-0.39, 0.29) is 16.7 Å². The summed E-state index contributed by atoms with van der Waals surface area (Å²) >= 11 is 3.20. The Morgan fingerprint density at radius 3 is 2.89 bits per heavy atom. The van der Waals surface area contributed by atoms with E-state index in [9.17, 15) is 8.42 Å². The van der Waals surface area contributed by atoms with E-state index in [2.05, 4.69) is 15.9 Å². The van der Waals surface area contributed by atoms with Crippen LogP contribution in [0.4, 0.5) is 0 Å². The SMILES string of the molecule is O=S(=O)(Cl)c1cc(Br)ccc1OCC1CCCO1. The first-order valence-corrected chi connectivity index (χ1v) is 8.55. The minimum absolute atomic E-state index is 0.0273. The van der Waals surface area contributed by atoms with Crippen molar-refractivity contribution in [2.45, 2.75) is 23.8 Å². The van der Waals surface area contributed by atoms with Crippen molar-refractivity contribution < 1.29 is 17.9 Å². The van der Waals surface area contributed by atoms with Crippen molar-refractivity contribution in [3.8, 4) is 5.75 Å². The van der Waals surface area contributed by atoms with Crippen molar-refractivity contribution in [2.24, 2.45) is 0 Å². The maximum atomic E-state index is 11.4. The van der Waals surface area contributed by atoms with Gasteiger partial charge in [0.2, 0.25) is 0 Å². The van der Waals surface area contributed by atoms with Gasteiger partial charge in [-0.3, -0.25) is 0 Å². The third-order valence-corrected chi connectivity index (χ3v) is 4.45. The molecule has 18 heavy (non-hydrogen) atoms. The van der Waals surface area contributed by atoms with E-state index in [0.717, 1.165) is 19.4 Å². The van der Waals surface area contributed by atoms with E-state index in [0.29, 0.717) is 11.1 Å². The lowest BCUT2D eigenvalue weighted by molar-refractivity contribution is 0.0669. The molecule has 7 heteroatoms. The molecule has 0 bridgehead atoms. The lowest BCUT2D eigenvalue weighted by Gasteiger charge is -2.13. The first kappa shape index (κ1) is 14.1. The molecule has 0 N–H and O–H groups in total. The van der Waals surface area contributed by atoms with Crippen molar-refractivity contribution in [1.82, 2.24) is 0 Å². The Hall–Kier alpha value is -0.300. The van der Waals surface area contributed by atoms with Gasteiger partial charge in [-0.15, -0.1) is 0 Å². The summed E-state index contributed by atoms with van der Waals surface area (Å²) in [7, 11) is 1.55. The predicted molar refractivity (Wildman–Crippen MR) is 71.6 cm³/mol. The molecule has 0 aromatic heterocycles. The third-order valence-electron chi connectivity index (χ3n) is 2.62. The summed E-state index contributed by atoms with van der Waals surface area (Å²) in [5.74, 6) is 0.253. The average Bonchev–Trinajstić information content (AvgIpc) is 2.79. The van der Waals surface area contributed by atoms with E-state index in [1.54, 1.807) is 12.1 Å². The van der Waals surface area contributed by atoms with Crippen LogP contribution in [-0.4, -0.2) is 27.7 Å².